The number of aliphatic hydroxyl groups is 4. The van der Waals surface area contributed by atoms with Crippen molar-refractivity contribution in [3.05, 3.63) is 117 Å². The smallest absolute Gasteiger partial charge is 0.394 e. The first-order valence-corrected chi connectivity index (χ1v) is 23.9. The number of hydrogen-bond acceptors (Lipinski definition) is 12. The van der Waals surface area contributed by atoms with Crippen molar-refractivity contribution in [3.63, 3.8) is 0 Å². The molecule has 0 saturated heterocycles. The Balaban J connectivity index is 0.000000266. The third-order valence-electron chi connectivity index (χ3n) is 12.2. The zero-order chi connectivity index (χ0) is 49.3. The minimum atomic E-state index is -4.67. The van der Waals surface area contributed by atoms with Gasteiger partial charge >= 0.3 is 10.4 Å². The van der Waals surface area contributed by atoms with Gasteiger partial charge in [0.05, 0.1) is 12.2 Å². The molecule has 67 heavy (non-hydrogen) atoms. The van der Waals surface area contributed by atoms with Crippen molar-refractivity contribution in [2.24, 2.45) is 11.8 Å². The summed E-state index contributed by atoms with van der Waals surface area (Å²) in [5.41, 5.74) is 8.05. The van der Waals surface area contributed by atoms with Crippen LogP contribution in [0.15, 0.2) is 72.8 Å². The second-order valence-corrected chi connectivity index (χ2v) is 18.5. The maximum Gasteiger partial charge on any atom is 0.394 e. The van der Waals surface area contributed by atoms with Crippen LogP contribution in [0.2, 0.25) is 0 Å². The second-order valence-electron chi connectivity index (χ2n) is 17.6. The third-order valence-corrected chi connectivity index (χ3v) is 12.2. The molecule has 2 aliphatic carbocycles. The lowest BCUT2D eigenvalue weighted by atomic mass is 9.81. The summed E-state index contributed by atoms with van der Waals surface area (Å²) in [6.07, 6.45) is 8.73. The molecule has 16 nitrogen and oxygen atoms in total. The number of phenolic OH excluding ortho intramolecular Hbond substituents is 2. The van der Waals surface area contributed by atoms with Crippen molar-refractivity contribution < 1.29 is 67.2 Å². The van der Waals surface area contributed by atoms with Crippen LogP contribution in [0.3, 0.4) is 0 Å². The number of nitrogens with zero attached hydrogens (tertiary/aromatic N) is 2. The van der Waals surface area contributed by atoms with Gasteiger partial charge in [-0.2, -0.15) is 8.42 Å². The summed E-state index contributed by atoms with van der Waals surface area (Å²) in [4.78, 5) is 26.5. The van der Waals surface area contributed by atoms with Crippen LogP contribution >= 0.6 is 0 Å². The van der Waals surface area contributed by atoms with E-state index in [1.807, 2.05) is 24.3 Å². The van der Waals surface area contributed by atoms with Crippen LogP contribution in [-0.4, -0.2) is 124 Å². The largest absolute Gasteiger partial charge is 0.508 e. The van der Waals surface area contributed by atoms with E-state index in [1.165, 1.54) is 32.1 Å². The van der Waals surface area contributed by atoms with Gasteiger partial charge in [0.15, 0.2) is 13.2 Å². The summed E-state index contributed by atoms with van der Waals surface area (Å²) >= 11 is 0. The average molecular weight is 953 g/mol. The lowest BCUT2D eigenvalue weighted by molar-refractivity contribution is -0.131. The molecule has 0 saturated carbocycles. The molecule has 0 unspecified atom stereocenters. The van der Waals surface area contributed by atoms with Crippen molar-refractivity contribution >= 4 is 22.2 Å². The van der Waals surface area contributed by atoms with Crippen LogP contribution in [-0.2, 0) is 58.5 Å². The summed E-state index contributed by atoms with van der Waals surface area (Å²) < 4.78 is 42.9. The summed E-state index contributed by atoms with van der Waals surface area (Å²) in [7, 11) is 2.18. The van der Waals surface area contributed by atoms with Crippen LogP contribution < -0.4 is 9.47 Å². The molecule has 0 aliphatic heterocycles. The van der Waals surface area contributed by atoms with E-state index in [-0.39, 0.29) is 49.7 Å². The number of aromatic hydroxyl groups is 2. The number of likely N-dealkylation sites (N-methyl/N-ethyl adjacent to an activating group) is 2. The van der Waals surface area contributed by atoms with Gasteiger partial charge in [-0.05, 0) is 182 Å². The van der Waals surface area contributed by atoms with E-state index >= 15 is 0 Å². The van der Waals surface area contributed by atoms with Crippen LogP contribution in [0, 0.1) is 11.8 Å². The number of carbonyl (C=O) groups is 2. The molecule has 2 amide bonds. The molecular weight excluding hydrogens is 885 g/mol. The van der Waals surface area contributed by atoms with Crippen LogP contribution in [0.5, 0.6) is 23.0 Å². The third kappa shape index (κ3) is 18.4. The predicted octanol–water partition coefficient (Wildman–Crippen LogP) is 5.37. The van der Waals surface area contributed by atoms with E-state index < -0.39 is 22.6 Å². The normalized spacial score (nSPS) is 16.1. The Morgan fingerprint density at radius 2 is 0.985 bits per heavy atom. The maximum absolute atomic E-state index is 11.7. The maximum atomic E-state index is 11.7. The Morgan fingerprint density at radius 1 is 0.612 bits per heavy atom. The quantitative estimate of drug-likeness (QED) is 0.0584. The molecule has 0 fully saturated rings. The van der Waals surface area contributed by atoms with Gasteiger partial charge < -0.3 is 49.9 Å². The van der Waals surface area contributed by atoms with E-state index in [9.17, 15) is 30.0 Å². The molecule has 368 valence electrons. The molecule has 0 aromatic heterocycles. The molecule has 0 heterocycles. The van der Waals surface area contributed by atoms with Crippen LogP contribution in [0.1, 0.15) is 95.2 Å². The van der Waals surface area contributed by atoms with Crippen molar-refractivity contribution in [3.8, 4) is 23.0 Å². The first-order valence-electron chi connectivity index (χ1n) is 22.5. The molecule has 8 N–H and O–H groups in total. The molecular formula is C50H68N2O14S. The second kappa shape index (κ2) is 26.3. The summed E-state index contributed by atoms with van der Waals surface area (Å²) in [6, 6.07) is 22.4. The number of fused-ring (bicyclic) bond motifs is 2. The van der Waals surface area contributed by atoms with Crippen molar-refractivity contribution in [1.29, 1.82) is 0 Å². The highest BCUT2D eigenvalue weighted by Crippen LogP contribution is 2.35. The molecule has 2 aliphatic rings. The predicted molar refractivity (Wildman–Crippen MR) is 253 cm³/mol. The number of rotatable bonds is 18. The Labute approximate surface area is 394 Å². The van der Waals surface area contributed by atoms with Crippen molar-refractivity contribution in [2.45, 2.75) is 89.3 Å². The topological polar surface area (TPSA) is 255 Å². The van der Waals surface area contributed by atoms with E-state index in [2.05, 4.69) is 12.1 Å². The summed E-state index contributed by atoms with van der Waals surface area (Å²) in [6.45, 7) is -0.00812. The zero-order valence-electron chi connectivity index (χ0n) is 38.9. The van der Waals surface area contributed by atoms with Gasteiger partial charge in [-0.1, -0.05) is 24.3 Å². The molecule has 4 aromatic rings. The highest BCUT2D eigenvalue weighted by Gasteiger charge is 2.23. The fraction of sp³-hybridized carbons (Fsp3) is 0.480. The molecule has 4 aromatic carbocycles. The Bertz CT molecular complexity index is 2180. The number of benzene rings is 4. The molecule has 0 bridgehead atoms. The number of aryl methyl sites for hydroxylation is 2. The monoisotopic (exact) mass is 952 g/mol. The van der Waals surface area contributed by atoms with E-state index in [4.69, 9.17) is 37.2 Å². The highest BCUT2D eigenvalue weighted by atomic mass is 32.3. The number of carbonyl (C=O) groups excluding carboxylic acids is 2. The SMILES string of the molecule is CN(C)C(=O)COc1ccc2c(c1)C[C@@H](CC[C@H](O)c1ccc(O)c(CCO)c1)CC2.CN(C)C(=O)COc1ccc2c(c1)C[C@@H](CC[C@H](O)c1ccc(O)c(CCO)c1)CC2.O=S(=O)(O)O. The number of phenols is 2. The lowest BCUT2D eigenvalue weighted by Gasteiger charge is -2.26. The first kappa shape index (κ1) is 54.3. The number of ether oxygens (including phenoxy) is 2. The van der Waals surface area contributed by atoms with Gasteiger partial charge in [-0.3, -0.25) is 18.7 Å². The average Bonchev–Trinajstić information content (AvgIpc) is 3.29. The van der Waals surface area contributed by atoms with Gasteiger partial charge in [-0.15, -0.1) is 0 Å². The van der Waals surface area contributed by atoms with Crippen LogP contribution in [0.4, 0.5) is 0 Å². The number of aliphatic hydroxyl groups excluding tert-OH is 4. The van der Waals surface area contributed by atoms with Gasteiger partial charge in [0, 0.05) is 41.4 Å². The molecule has 4 atom stereocenters. The Hall–Kier alpha value is -5.27. The Kier molecular flexibility index (Phi) is 21.3. The van der Waals surface area contributed by atoms with Crippen molar-refractivity contribution in [1.82, 2.24) is 9.80 Å². The minimum absolute atomic E-state index is 0.0340. The minimum Gasteiger partial charge on any atom is -0.508 e. The van der Waals surface area contributed by atoms with Gasteiger partial charge in [-0.25, -0.2) is 0 Å². The molecule has 17 heteroatoms. The van der Waals surface area contributed by atoms with Crippen molar-refractivity contribution in [2.75, 3.05) is 54.6 Å². The summed E-state index contributed by atoms with van der Waals surface area (Å²) in [5.74, 6) is 2.57. The van der Waals surface area contributed by atoms with E-state index in [0.29, 0.717) is 48.6 Å². The fourth-order valence-corrected chi connectivity index (χ4v) is 8.23. The van der Waals surface area contributed by atoms with E-state index in [1.54, 1.807) is 64.6 Å². The molecule has 0 spiro atoms. The van der Waals surface area contributed by atoms with Gasteiger partial charge in [0.25, 0.3) is 11.8 Å². The van der Waals surface area contributed by atoms with E-state index in [0.717, 1.165) is 74.0 Å². The first-order chi connectivity index (χ1) is 31.7. The number of hydrogen-bond donors (Lipinski definition) is 8. The lowest BCUT2D eigenvalue weighted by Crippen LogP contribution is -2.27. The standard InChI is InChI=1S/2C25H33NO5.H2O4S/c2*1-26(2)25(30)16-31-22-8-6-18-5-3-17(13-21(18)15-22)4-9-23(28)19-7-10-24(29)20(14-19)11-12-27;1-5(2,3)4/h2*6-8,10,14-15,17,23,27-29H,3-5,9,11-13,16H2,1-2H3;(H2,1,2,3,4)/t2*17-,23+;/m11./s1. The van der Waals surface area contributed by atoms with Gasteiger partial charge in [0.1, 0.15) is 23.0 Å². The molecule has 6 rings (SSSR count). The van der Waals surface area contributed by atoms with Gasteiger partial charge in [0.2, 0.25) is 0 Å². The molecule has 0 radical (unpaired) electrons. The zero-order valence-corrected chi connectivity index (χ0v) is 39.7. The number of amides is 2. The Morgan fingerprint density at radius 3 is 1.33 bits per heavy atom. The highest BCUT2D eigenvalue weighted by molar-refractivity contribution is 7.79. The fourth-order valence-electron chi connectivity index (χ4n) is 8.23. The summed E-state index contributed by atoms with van der Waals surface area (Å²) in [5, 5.41) is 59.3. The van der Waals surface area contributed by atoms with Crippen LogP contribution in [0.25, 0.3) is 0 Å².